The van der Waals surface area contributed by atoms with Crippen LogP contribution >= 0.6 is 11.6 Å². The average Bonchev–Trinajstić information content (AvgIpc) is 3.23. The highest BCUT2D eigenvalue weighted by molar-refractivity contribution is 7.90. The molecule has 1 heterocycles. The largest absolute Gasteiger partial charge is 0.435 e. The lowest BCUT2D eigenvalue weighted by Gasteiger charge is -2.17. The van der Waals surface area contributed by atoms with E-state index in [1.54, 1.807) is 44.5 Å². The number of nitrogens with one attached hydrogen (secondary N) is 1. The summed E-state index contributed by atoms with van der Waals surface area (Å²) in [6.07, 6.45) is -10.1. The van der Waals surface area contributed by atoms with Gasteiger partial charge in [0.15, 0.2) is 11.4 Å². The number of nitrogens with zero attached hydrogens (tertiary/aromatic N) is 3. The van der Waals surface area contributed by atoms with Gasteiger partial charge in [0.1, 0.15) is 0 Å². The third-order valence-corrected chi connectivity index (χ3v) is 7.19. The van der Waals surface area contributed by atoms with Gasteiger partial charge in [-0.15, -0.1) is 5.10 Å². The minimum absolute atomic E-state index is 0.0307. The first-order valence-corrected chi connectivity index (χ1v) is 12.8. The molecule has 1 aromatic heterocycles. The molecule has 3 aromatic rings. The van der Waals surface area contributed by atoms with Gasteiger partial charge in [0.2, 0.25) is 0 Å². The smallest absolute Gasteiger partial charge is 0.266 e. The fourth-order valence-corrected chi connectivity index (χ4v) is 5.17. The third-order valence-electron chi connectivity index (χ3n) is 5.50. The summed E-state index contributed by atoms with van der Waals surface area (Å²) in [6.45, 7) is 7.01. The van der Waals surface area contributed by atoms with Crippen LogP contribution in [0, 0.1) is 0 Å². The highest BCUT2D eigenvalue weighted by Crippen LogP contribution is 2.37. The van der Waals surface area contributed by atoms with E-state index in [0.29, 0.717) is 29.3 Å². The van der Waals surface area contributed by atoms with Crippen molar-refractivity contribution in [1.82, 2.24) is 19.7 Å². The van der Waals surface area contributed by atoms with Crippen molar-refractivity contribution in [1.29, 1.82) is 0 Å². The summed E-state index contributed by atoms with van der Waals surface area (Å²) < 4.78 is 109. The normalized spacial score (nSPS) is 12.9. The van der Waals surface area contributed by atoms with E-state index in [9.17, 15) is 39.6 Å². The minimum Gasteiger partial charge on any atom is -0.266 e. The molecule has 1 amide bonds. The van der Waals surface area contributed by atoms with Crippen LogP contribution in [-0.2, 0) is 22.4 Å². The zero-order valence-electron chi connectivity index (χ0n) is 20.2. The van der Waals surface area contributed by atoms with E-state index < -0.39 is 55.9 Å². The molecule has 38 heavy (non-hydrogen) atoms. The fourth-order valence-electron chi connectivity index (χ4n) is 3.56. The summed E-state index contributed by atoms with van der Waals surface area (Å²) in [5, 5.41) is 5.66. The van der Waals surface area contributed by atoms with Gasteiger partial charge in [-0.25, -0.2) is 17.8 Å². The Morgan fingerprint density at radius 3 is 2.08 bits per heavy atom. The van der Waals surface area contributed by atoms with Gasteiger partial charge in [-0.2, -0.15) is 26.3 Å². The molecule has 1 N–H and O–H groups in total. The molecule has 206 valence electrons. The van der Waals surface area contributed by atoms with Crippen LogP contribution in [0.15, 0.2) is 41.3 Å². The van der Waals surface area contributed by atoms with Crippen molar-refractivity contribution in [2.24, 2.45) is 0 Å². The molecule has 3 rings (SSSR count). The number of rotatable bonds is 6. The Kier molecular flexibility index (Phi) is 7.91. The van der Waals surface area contributed by atoms with Gasteiger partial charge < -0.3 is 0 Å². The number of benzene rings is 2. The van der Waals surface area contributed by atoms with Crippen LogP contribution in [0.2, 0.25) is 5.02 Å². The van der Waals surface area contributed by atoms with Crippen LogP contribution in [0.4, 0.5) is 26.3 Å². The maximum Gasteiger partial charge on any atom is 0.435 e. The van der Waals surface area contributed by atoms with Crippen molar-refractivity contribution < 1.29 is 39.6 Å². The molecule has 0 saturated heterocycles. The molecule has 0 aliphatic rings. The molecule has 0 fully saturated rings. The van der Waals surface area contributed by atoms with E-state index in [-0.39, 0.29) is 21.4 Å². The number of aromatic nitrogens is 3. The lowest BCUT2D eigenvalue weighted by atomic mass is 9.97. The van der Waals surface area contributed by atoms with Crippen LogP contribution in [0.25, 0.3) is 5.69 Å². The second kappa shape index (κ2) is 10.2. The number of halogens is 7. The van der Waals surface area contributed by atoms with Crippen molar-refractivity contribution >= 4 is 27.5 Å². The molecule has 0 aliphatic heterocycles. The molecule has 0 bridgehead atoms. The number of hydrogen-bond donors (Lipinski definition) is 1. The fraction of sp³-hybridized carbons (Fsp3) is 0.348. The Labute approximate surface area is 218 Å². The minimum atomic E-state index is -5.33. The average molecular weight is 583 g/mol. The maximum absolute atomic E-state index is 14.0. The van der Waals surface area contributed by atoms with Crippen molar-refractivity contribution in [2.45, 2.75) is 56.8 Å². The molecule has 0 atom stereocenters. The lowest BCUT2D eigenvalue weighted by molar-refractivity contribution is -0.143. The van der Waals surface area contributed by atoms with Crippen LogP contribution in [0.5, 0.6) is 0 Å². The summed E-state index contributed by atoms with van der Waals surface area (Å²) in [4.78, 5) is 12.5. The second-order valence-electron chi connectivity index (χ2n) is 8.90. The van der Waals surface area contributed by atoms with Crippen LogP contribution < -0.4 is 4.72 Å². The monoisotopic (exact) mass is 582 g/mol. The van der Waals surface area contributed by atoms with Gasteiger partial charge in [0.25, 0.3) is 15.9 Å². The quantitative estimate of drug-likeness (QED) is 0.343. The van der Waals surface area contributed by atoms with Crippen molar-refractivity contribution in [3.63, 3.8) is 0 Å². The Hall–Kier alpha value is -3.13. The molecule has 0 saturated carbocycles. The highest BCUT2D eigenvalue weighted by atomic mass is 35.5. The molecule has 0 radical (unpaired) electrons. The number of carbonyl (C=O) groups excluding carboxylic acids is 1. The van der Waals surface area contributed by atoms with Gasteiger partial charge in [-0.3, -0.25) is 4.79 Å². The maximum atomic E-state index is 14.0. The van der Waals surface area contributed by atoms with Crippen molar-refractivity contribution in [3.8, 4) is 5.69 Å². The summed E-state index contributed by atoms with van der Waals surface area (Å²) >= 11 is 5.80. The molecule has 0 aliphatic carbocycles. The van der Waals surface area contributed by atoms with Crippen molar-refractivity contribution in [3.05, 3.63) is 69.5 Å². The zero-order valence-corrected chi connectivity index (χ0v) is 21.8. The molecular weight excluding hydrogens is 562 g/mol. The van der Waals surface area contributed by atoms with Crippen molar-refractivity contribution in [2.75, 3.05) is 0 Å². The predicted octanol–water partition coefficient (Wildman–Crippen LogP) is 6.32. The topological polar surface area (TPSA) is 93.9 Å². The number of alkyl halides is 6. The Morgan fingerprint density at radius 2 is 1.58 bits per heavy atom. The standard InChI is InChI=1S/C23H21ClF6N4O3S/c1-11(2)13-5-7-15(12(3)4)18(9-13)38(36,37)32-21(35)19-20(23(28,29)30)34(33-31-19)17-8-6-14(10-16(17)24)22(25,26)27/h5-12H,1-4H3,(H,32,35). The first kappa shape index (κ1) is 29.4. The Bertz CT molecular complexity index is 1480. The summed E-state index contributed by atoms with van der Waals surface area (Å²) in [5.41, 5.74) is -4.19. The van der Waals surface area contributed by atoms with E-state index >= 15 is 0 Å². The van der Waals surface area contributed by atoms with Gasteiger partial charge >= 0.3 is 12.4 Å². The first-order valence-electron chi connectivity index (χ1n) is 11.0. The number of hydrogen-bond acceptors (Lipinski definition) is 5. The third kappa shape index (κ3) is 5.96. The van der Waals surface area contributed by atoms with Crippen LogP contribution in [0.1, 0.15) is 72.4 Å². The van der Waals surface area contributed by atoms with E-state index in [2.05, 4.69) is 10.3 Å². The molecule has 0 unspecified atom stereocenters. The molecule has 7 nitrogen and oxygen atoms in total. The summed E-state index contributed by atoms with van der Waals surface area (Å²) in [6, 6.07) is 6.09. The first-order chi connectivity index (χ1) is 17.3. The van der Waals surface area contributed by atoms with Gasteiger partial charge in [0, 0.05) is 0 Å². The van der Waals surface area contributed by atoms with E-state index in [0.717, 1.165) is 0 Å². The predicted molar refractivity (Wildman–Crippen MR) is 126 cm³/mol. The second-order valence-corrected chi connectivity index (χ2v) is 11.0. The number of carbonyl (C=O) groups is 1. The molecule has 0 spiro atoms. The van der Waals surface area contributed by atoms with E-state index in [4.69, 9.17) is 11.6 Å². The van der Waals surface area contributed by atoms with Crippen LogP contribution in [0.3, 0.4) is 0 Å². The van der Waals surface area contributed by atoms with Gasteiger partial charge in [-0.1, -0.05) is 56.6 Å². The van der Waals surface area contributed by atoms with E-state index in [1.165, 1.54) is 6.07 Å². The summed E-state index contributed by atoms with van der Waals surface area (Å²) in [7, 11) is -4.68. The lowest BCUT2D eigenvalue weighted by Crippen LogP contribution is -2.33. The molecular formula is C23H21ClF6N4O3S. The van der Waals surface area contributed by atoms with Gasteiger partial charge in [-0.05, 0) is 47.2 Å². The Balaban J connectivity index is 2.10. The van der Waals surface area contributed by atoms with E-state index in [1.807, 2.05) is 0 Å². The number of amides is 1. The van der Waals surface area contributed by atoms with Crippen LogP contribution in [-0.4, -0.2) is 29.3 Å². The SMILES string of the molecule is CC(C)c1ccc(C(C)C)c(S(=O)(=O)NC(=O)c2nnn(-c3ccc(C(F)(F)F)cc3Cl)c2C(F)(F)F)c1. The molecule has 2 aromatic carbocycles. The number of sulfonamides is 1. The zero-order chi connectivity index (χ0) is 28.8. The van der Waals surface area contributed by atoms with Gasteiger partial charge in [0.05, 0.1) is 21.2 Å². The molecule has 15 heteroatoms. The summed E-state index contributed by atoms with van der Waals surface area (Å²) in [5.74, 6) is -2.14. The highest BCUT2D eigenvalue weighted by Gasteiger charge is 2.43. The Morgan fingerprint density at radius 1 is 0.947 bits per heavy atom.